The van der Waals surface area contributed by atoms with Crippen LogP contribution >= 0.6 is 0 Å². The van der Waals surface area contributed by atoms with E-state index in [1.54, 1.807) is 0 Å². The maximum absolute atomic E-state index is 12.9. The van der Waals surface area contributed by atoms with E-state index in [1.807, 2.05) is 0 Å². The van der Waals surface area contributed by atoms with Crippen molar-refractivity contribution < 1.29 is 17.6 Å². The average Bonchev–Trinajstić information content (AvgIpc) is 2.27. The van der Waals surface area contributed by atoms with E-state index in [2.05, 4.69) is 0 Å². The molecule has 0 N–H and O–H groups in total. The summed E-state index contributed by atoms with van der Waals surface area (Å²) in [4.78, 5) is 0. The van der Waals surface area contributed by atoms with Gasteiger partial charge in [-0.1, -0.05) is 0 Å². The van der Waals surface area contributed by atoms with E-state index in [0.717, 1.165) is 0 Å². The highest BCUT2D eigenvalue weighted by Crippen LogP contribution is 2.34. The predicted octanol–water partition coefficient (Wildman–Crippen LogP) is 3.41. The van der Waals surface area contributed by atoms with Gasteiger partial charge < -0.3 is 0 Å². The number of hydrogen-bond donors (Lipinski definition) is 0. The van der Waals surface area contributed by atoms with Gasteiger partial charge in [-0.25, -0.2) is 17.6 Å². The van der Waals surface area contributed by atoms with Crippen molar-refractivity contribution in [3.63, 3.8) is 0 Å². The van der Waals surface area contributed by atoms with Gasteiger partial charge in [-0.3, -0.25) is 0 Å². The van der Waals surface area contributed by atoms with Gasteiger partial charge in [0.25, 0.3) is 0 Å². The maximum atomic E-state index is 12.9. The molecule has 0 nitrogen and oxygen atoms in total. The predicted molar refractivity (Wildman–Crippen MR) is 47.2 cm³/mol. The molecule has 0 aromatic heterocycles. The molecule has 1 saturated carbocycles. The van der Waals surface area contributed by atoms with E-state index in [-0.39, 0.29) is 11.8 Å². The van der Waals surface area contributed by atoms with Crippen LogP contribution in [0.3, 0.4) is 0 Å². The van der Waals surface area contributed by atoms with E-state index in [0.29, 0.717) is 25.7 Å². The van der Waals surface area contributed by atoms with Crippen LogP contribution in [0.5, 0.6) is 0 Å². The molecule has 2 atom stereocenters. The van der Waals surface area contributed by atoms with E-state index < -0.39 is 25.7 Å². The third kappa shape index (κ3) is 2.85. The highest BCUT2D eigenvalue weighted by Gasteiger charge is 2.31. The molecule has 0 bridgehead atoms. The van der Waals surface area contributed by atoms with Gasteiger partial charge in [0.1, 0.15) is 25.7 Å². The molecule has 2 unspecified atom stereocenters. The van der Waals surface area contributed by atoms with Crippen molar-refractivity contribution in [1.29, 1.82) is 0 Å². The van der Waals surface area contributed by atoms with Gasteiger partial charge >= 0.3 is 0 Å². The Morgan fingerprint density at radius 3 is 1.29 bits per heavy atom. The van der Waals surface area contributed by atoms with Crippen molar-refractivity contribution >= 4 is 0 Å². The molecule has 0 saturated heterocycles. The highest BCUT2D eigenvalue weighted by molar-refractivity contribution is 4.80. The summed E-state index contributed by atoms with van der Waals surface area (Å²) in [6.07, 6.45) is -0.905. The van der Waals surface area contributed by atoms with Crippen molar-refractivity contribution in [2.24, 2.45) is 11.8 Å². The summed E-state index contributed by atoms with van der Waals surface area (Å²) in [5, 5.41) is 0. The van der Waals surface area contributed by atoms with Crippen molar-refractivity contribution in [1.82, 2.24) is 0 Å². The number of hydrogen-bond acceptors (Lipinski definition) is 0. The minimum Gasteiger partial charge on any atom is -0.248 e. The molecule has 4 heteroatoms. The first-order valence-corrected chi connectivity index (χ1v) is 5.09. The van der Waals surface area contributed by atoms with Crippen LogP contribution in [0.1, 0.15) is 25.7 Å². The molecule has 1 rings (SSSR count). The fraction of sp³-hybridized carbons (Fsp3) is 1.00. The molecular formula is C10H16F4. The standard InChI is InChI=1S/C10H16F4/c11-5-9(13)7-1-2-8(4-3-7)10(14)6-12/h7-10H,1-6H2. The Morgan fingerprint density at radius 1 is 0.786 bits per heavy atom. The van der Waals surface area contributed by atoms with Crippen molar-refractivity contribution in [2.75, 3.05) is 13.3 Å². The van der Waals surface area contributed by atoms with Gasteiger partial charge in [0, 0.05) is 0 Å². The van der Waals surface area contributed by atoms with Crippen LogP contribution in [0, 0.1) is 11.8 Å². The summed E-state index contributed by atoms with van der Waals surface area (Å²) in [5.74, 6) is -0.578. The SMILES string of the molecule is FCC(F)C1CCC(C(F)CF)CC1. The zero-order chi connectivity index (χ0) is 10.6. The van der Waals surface area contributed by atoms with E-state index >= 15 is 0 Å². The molecule has 0 radical (unpaired) electrons. The summed E-state index contributed by atoms with van der Waals surface area (Å²) in [6.45, 7) is -1.92. The summed E-state index contributed by atoms with van der Waals surface area (Å²) < 4.78 is 49.7. The molecule has 1 aliphatic rings. The fourth-order valence-corrected chi connectivity index (χ4v) is 2.12. The van der Waals surface area contributed by atoms with Gasteiger partial charge in [-0.05, 0) is 37.5 Å². The smallest absolute Gasteiger partial charge is 0.131 e. The van der Waals surface area contributed by atoms with Crippen LogP contribution in [0.25, 0.3) is 0 Å². The molecule has 14 heavy (non-hydrogen) atoms. The minimum absolute atomic E-state index is 0.289. The van der Waals surface area contributed by atoms with Crippen LogP contribution in [0.2, 0.25) is 0 Å². The Balaban J connectivity index is 2.31. The lowest BCUT2D eigenvalue weighted by molar-refractivity contribution is 0.0882. The number of alkyl halides is 4. The monoisotopic (exact) mass is 212 g/mol. The van der Waals surface area contributed by atoms with E-state index in [4.69, 9.17) is 0 Å². The van der Waals surface area contributed by atoms with Crippen LogP contribution < -0.4 is 0 Å². The lowest BCUT2D eigenvalue weighted by Gasteiger charge is -2.30. The second-order valence-electron chi connectivity index (χ2n) is 4.02. The minimum atomic E-state index is -1.42. The molecule has 0 aromatic carbocycles. The van der Waals surface area contributed by atoms with Gasteiger partial charge in [0.15, 0.2) is 0 Å². The Kier molecular flexibility index (Phi) is 4.69. The molecule has 0 heterocycles. The quantitative estimate of drug-likeness (QED) is 0.626. The van der Waals surface area contributed by atoms with Crippen LogP contribution in [0.4, 0.5) is 17.6 Å². The Morgan fingerprint density at radius 2 is 1.07 bits per heavy atom. The highest BCUT2D eigenvalue weighted by atomic mass is 19.2. The molecule has 1 aliphatic carbocycles. The summed E-state index contributed by atoms with van der Waals surface area (Å²) in [5.41, 5.74) is 0. The summed E-state index contributed by atoms with van der Waals surface area (Å²) >= 11 is 0. The lowest BCUT2D eigenvalue weighted by atomic mass is 9.78. The molecular weight excluding hydrogens is 196 g/mol. The Hall–Kier alpha value is -0.280. The van der Waals surface area contributed by atoms with Crippen molar-refractivity contribution in [3.05, 3.63) is 0 Å². The first kappa shape index (κ1) is 11.8. The second-order valence-corrected chi connectivity index (χ2v) is 4.02. The van der Waals surface area contributed by atoms with Crippen LogP contribution in [-0.4, -0.2) is 25.7 Å². The molecule has 84 valence electrons. The Labute approximate surface area is 81.7 Å². The average molecular weight is 212 g/mol. The van der Waals surface area contributed by atoms with Crippen LogP contribution in [0.15, 0.2) is 0 Å². The van der Waals surface area contributed by atoms with Gasteiger partial charge in [-0.2, -0.15) is 0 Å². The van der Waals surface area contributed by atoms with Crippen molar-refractivity contribution in [2.45, 2.75) is 38.0 Å². The fourth-order valence-electron chi connectivity index (χ4n) is 2.12. The third-order valence-corrected chi connectivity index (χ3v) is 3.13. The van der Waals surface area contributed by atoms with Crippen LogP contribution in [-0.2, 0) is 0 Å². The van der Waals surface area contributed by atoms with E-state index in [1.165, 1.54) is 0 Å². The third-order valence-electron chi connectivity index (χ3n) is 3.13. The molecule has 0 aliphatic heterocycles. The molecule has 0 aromatic rings. The van der Waals surface area contributed by atoms with Gasteiger partial charge in [0.05, 0.1) is 0 Å². The second kappa shape index (κ2) is 5.56. The maximum Gasteiger partial charge on any atom is 0.131 e. The summed E-state index contributed by atoms with van der Waals surface area (Å²) in [7, 11) is 0. The normalized spacial score (nSPS) is 32.6. The largest absolute Gasteiger partial charge is 0.248 e. The topological polar surface area (TPSA) is 0 Å². The van der Waals surface area contributed by atoms with E-state index in [9.17, 15) is 17.6 Å². The van der Waals surface area contributed by atoms with Gasteiger partial charge in [0.2, 0.25) is 0 Å². The Bertz CT molecular complexity index is 136. The first-order chi connectivity index (χ1) is 6.69. The zero-order valence-corrected chi connectivity index (χ0v) is 8.06. The van der Waals surface area contributed by atoms with Gasteiger partial charge in [-0.15, -0.1) is 0 Å². The molecule has 0 spiro atoms. The number of rotatable bonds is 4. The zero-order valence-electron chi connectivity index (χ0n) is 8.06. The number of halogens is 4. The molecule has 1 fully saturated rings. The lowest BCUT2D eigenvalue weighted by Crippen LogP contribution is -2.28. The first-order valence-electron chi connectivity index (χ1n) is 5.09. The summed E-state index contributed by atoms with van der Waals surface area (Å²) in [6, 6.07) is 0. The van der Waals surface area contributed by atoms with Crippen molar-refractivity contribution in [3.8, 4) is 0 Å². The molecule has 0 amide bonds.